The van der Waals surface area contributed by atoms with E-state index in [1.165, 1.54) is 0 Å². The van der Waals surface area contributed by atoms with E-state index in [0.29, 0.717) is 0 Å². The summed E-state index contributed by atoms with van der Waals surface area (Å²) in [4.78, 5) is 0. The van der Waals surface area contributed by atoms with Gasteiger partial charge >= 0.3 is 0 Å². The van der Waals surface area contributed by atoms with Crippen LogP contribution < -0.4 is 9.47 Å². The SMILES string of the molecule is CC(Oc1ccccc1)Oc1ccccc1Br. The molecule has 2 aromatic carbocycles. The average molecular weight is 293 g/mol. The zero-order valence-electron chi connectivity index (χ0n) is 9.47. The van der Waals surface area contributed by atoms with Crippen LogP contribution in [0.25, 0.3) is 0 Å². The van der Waals surface area contributed by atoms with Crippen LogP contribution in [0.2, 0.25) is 0 Å². The van der Waals surface area contributed by atoms with Gasteiger partial charge in [0, 0.05) is 6.92 Å². The van der Waals surface area contributed by atoms with E-state index in [-0.39, 0.29) is 6.29 Å². The molecule has 1 unspecified atom stereocenters. The van der Waals surface area contributed by atoms with E-state index < -0.39 is 0 Å². The Balaban J connectivity index is 1.98. The van der Waals surface area contributed by atoms with E-state index in [0.717, 1.165) is 16.0 Å². The predicted octanol–water partition coefficient (Wildman–Crippen LogP) is 4.25. The molecule has 0 spiro atoms. The van der Waals surface area contributed by atoms with Gasteiger partial charge < -0.3 is 9.47 Å². The Hall–Kier alpha value is -1.48. The van der Waals surface area contributed by atoms with E-state index in [1.807, 2.05) is 61.5 Å². The first kappa shape index (κ1) is 12.0. The number of ether oxygens (including phenoxy) is 2. The molecule has 0 radical (unpaired) electrons. The maximum Gasteiger partial charge on any atom is 0.238 e. The van der Waals surface area contributed by atoms with Crippen LogP contribution in [0.15, 0.2) is 59.1 Å². The van der Waals surface area contributed by atoms with Crippen molar-refractivity contribution in [2.45, 2.75) is 13.2 Å². The second-order valence-electron chi connectivity index (χ2n) is 3.55. The number of rotatable bonds is 4. The molecule has 17 heavy (non-hydrogen) atoms. The number of hydrogen-bond donors (Lipinski definition) is 0. The lowest BCUT2D eigenvalue weighted by Crippen LogP contribution is -2.19. The maximum absolute atomic E-state index is 5.68. The van der Waals surface area contributed by atoms with Crippen LogP contribution in [0.1, 0.15) is 6.92 Å². The fourth-order valence-electron chi connectivity index (χ4n) is 1.43. The Kier molecular flexibility index (Phi) is 4.04. The van der Waals surface area contributed by atoms with Crippen LogP contribution in [0, 0.1) is 0 Å². The molecule has 0 aliphatic rings. The van der Waals surface area contributed by atoms with Crippen LogP contribution in [0.4, 0.5) is 0 Å². The third kappa shape index (κ3) is 3.49. The van der Waals surface area contributed by atoms with E-state index in [9.17, 15) is 0 Å². The smallest absolute Gasteiger partial charge is 0.238 e. The Bertz CT molecular complexity index is 471. The third-order valence-electron chi connectivity index (χ3n) is 2.17. The largest absolute Gasteiger partial charge is 0.455 e. The molecule has 0 aliphatic carbocycles. The van der Waals surface area contributed by atoms with E-state index >= 15 is 0 Å². The first-order valence-electron chi connectivity index (χ1n) is 5.38. The Labute approximate surface area is 109 Å². The first-order valence-corrected chi connectivity index (χ1v) is 6.18. The summed E-state index contributed by atoms with van der Waals surface area (Å²) in [6.07, 6.45) is -0.337. The van der Waals surface area contributed by atoms with E-state index in [2.05, 4.69) is 15.9 Å². The molecule has 0 saturated heterocycles. The summed E-state index contributed by atoms with van der Waals surface area (Å²) in [5.41, 5.74) is 0. The molecule has 0 aromatic heterocycles. The second-order valence-corrected chi connectivity index (χ2v) is 4.40. The molecule has 3 heteroatoms. The minimum atomic E-state index is -0.337. The fraction of sp³-hybridized carbons (Fsp3) is 0.143. The van der Waals surface area contributed by atoms with Gasteiger partial charge in [-0.1, -0.05) is 30.3 Å². The van der Waals surface area contributed by atoms with Gasteiger partial charge in [0.15, 0.2) is 0 Å². The number of hydrogen-bond acceptors (Lipinski definition) is 2. The van der Waals surface area contributed by atoms with Crippen molar-refractivity contribution in [2.24, 2.45) is 0 Å². The molecule has 1 atom stereocenters. The number of halogens is 1. The number of benzene rings is 2. The Morgan fingerprint density at radius 2 is 1.53 bits per heavy atom. The molecular weight excluding hydrogens is 280 g/mol. The van der Waals surface area contributed by atoms with Crippen LogP contribution in [0.5, 0.6) is 11.5 Å². The van der Waals surface area contributed by atoms with Crippen LogP contribution >= 0.6 is 15.9 Å². The average Bonchev–Trinajstić information content (AvgIpc) is 2.33. The quantitative estimate of drug-likeness (QED) is 0.784. The lowest BCUT2D eigenvalue weighted by atomic mass is 10.3. The van der Waals surface area contributed by atoms with Crippen molar-refractivity contribution >= 4 is 15.9 Å². The van der Waals surface area contributed by atoms with Crippen molar-refractivity contribution in [2.75, 3.05) is 0 Å². The normalized spacial score (nSPS) is 11.9. The molecule has 0 N–H and O–H groups in total. The second kappa shape index (κ2) is 5.73. The fourth-order valence-corrected chi connectivity index (χ4v) is 1.81. The van der Waals surface area contributed by atoms with Crippen molar-refractivity contribution < 1.29 is 9.47 Å². The molecular formula is C14H13BrO2. The molecule has 0 fully saturated rings. The molecule has 88 valence electrons. The van der Waals surface area contributed by atoms with Crippen LogP contribution in [-0.2, 0) is 0 Å². The summed E-state index contributed by atoms with van der Waals surface area (Å²) < 4.78 is 12.2. The van der Waals surface area contributed by atoms with Crippen molar-refractivity contribution in [3.8, 4) is 11.5 Å². The van der Waals surface area contributed by atoms with Crippen molar-refractivity contribution in [3.63, 3.8) is 0 Å². The Morgan fingerprint density at radius 1 is 0.882 bits per heavy atom. The molecule has 0 bridgehead atoms. The standard InChI is InChI=1S/C14H13BrO2/c1-11(16-12-7-3-2-4-8-12)17-14-10-6-5-9-13(14)15/h2-11H,1H3. The van der Waals surface area contributed by atoms with E-state index in [4.69, 9.17) is 9.47 Å². The van der Waals surface area contributed by atoms with Gasteiger partial charge in [0.05, 0.1) is 4.47 Å². The summed E-state index contributed by atoms with van der Waals surface area (Å²) in [5.74, 6) is 1.57. The summed E-state index contributed by atoms with van der Waals surface area (Å²) >= 11 is 3.43. The molecule has 2 aromatic rings. The summed E-state index contributed by atoms with van der Waals surface area (Å²) in [5, 5.41) is 0. The minimum Gasteiger partial charge on any atom is -0.455 e. The zero-order chi connectivity index (χ0) is 12.1. The molecule has 2 rings (SSSR count). The van der Waals surface area contributed by atoms with Gasteiger partial charge in [-0.2, -0.15) is 0 Å². The van der Waals surface area contributed by atoms with Gasteiger partial charge in [0.1, 0.15) is 11.5 Å². The minimum absolute atomic E-state index is 0.337. The van der Waals surface area contributed by atoms with Crippen LogP contribution in [0.3, 0.4) is 0 Å². The highest BCUT2D eigenvalue weighted by molar-refractivity contribution is 9.10. The van der Waals surface area contributed by atoms with Crippen molar-refractivity contribution in [1.82, 2.24) is 0 Å². The lowest BCUT2D eigenvalue weighted by molar-refractivity contribution is 0.0217. The van der Waals surface area contributed by atoms with Gasteiger partial charge in [0.25, 0.3) is 0 Å². The molecule has 0 saturated carbocycles. The summed E-state index contributed by atoms with van der Waals surface area (Å²) in [6.45, 7) is 1.87. The Morgan fingerprint density at radius 3 is 2.24 bits per heavy atom. The predicted molar refractivity (Wildman–Crippen MR) is 71.3 cm³/mol. The zero-order valence-corrected chi connectivity index (χ0v) is 11.1. The van der Waals surface area contributed by atoms with Gasteiger partial charge in [-0.15, -0.1) is 0 Å². The highest BCUT2D eigenvalue weighted by Gasteiger charge is 2.07. The van der Waals surface area contributed by atoms with E-state index in [1.54, 1.807) is 0 Å². The molecule has 0 amide bonds. The van der Waals surface area contributed by atoms with Gasteiger partial charge in [-0.05, 0) is 40.2 Å². The van der Waals surface area contributed by atoms with Crippen molar-refractivity contribution in [1.29, 1.82) is 0 Å². The monoisotopic (exact) mass is 292 g/mol. The molecule has 0 aliphatic heterocycles. The first-order chi connectivity index (χ1) is 8.25. The third-order valence-corrected chi connectivity index (χ3v) is 2.83. The van der Waals surface area contributed by atoms with Crippen LogP contribution in [-0.4, -0.2) is 6.29 Å². The highest BCUT2D eigenvalue weighted by atomic mass is 79.9. The highest BCUT2D eigenvalue weighted by Crippen LogP contribution is 2.25. The van der Waals surface area contributed by atoms with Crippen molar-refractivity contribution in [3.05, 3.63) is 59.1 Å². The maximum atomic E-state index is 5.68. The topological polar surface area (TPSA) is 18.5 Å². The number of para-hydroxylation sites is 2. The van der Waals surface area contributed by atoms with Gasteiger partial charge in [0.2, 0.25) is 6.29 Å². The van der Waals surface area contributed by atoms with Gasteiger partial charge in [-0.3, -0.25) is 0 Å². The lowest BCUT2D eigenvalue weighted by Gasteiger charge is -2.17. The van der Waals surface area contributed by atoms with Gasteiger partial charge in [-0.25, -0.2) is 0 Å². The molecule has 0 heterocycles. The summed E-state index contributed by atoms with van der Waals surface area (Å²) in [6, 6.07) is 17.3. The summed E-state index contributed by atoms with van der Waals surface area (Å²) in [7, 11) is 0. The molecule has 2 nitrogen and oxygen atoms in total.